The molecule has 1 aromatic heterocycles. The van der Waals surface area contributed by atoms with Gasteiger partial charge >= 0.3 is 6.03 Å². The summed E-state index contributed by atoms with van der Waals surface area (Å²) in [6.45, 7) is 7.22. The van der Waals surface area contributed by atoms with Crippen molar-refractivity contribution in [2.75, 3.05) is 20.3 Å². The highest BCUT2D eigenvalue weighted by Gasteiger charge is 2.36. The minimum atomic E-state index is -0.370. The first-order chi connectivity index (χ1) is 9.34. The molecule has 1 atom stereocenters. The normalized spacial score (nSPS) is 19.6. The molecule has 2 heterocycles. The van der Waals surface area contributed by atoms with E-state index in [2.05, 4.69) is 30.7 Å². The molecule has 0 bridgehead atoms. The van der Waals surface area contributed by atoms with Crippen molar-refractivity contribution in [1.29, 1.82) is 0 Å². The van der Waals surface area contributed by atoms with Crippen molar-refractivity contribution >= 4 is 23.2 Å². The van der Waals surface area contributed by atoms with E-state index < -0.39 is 0 Å². The van der Waals surface area contributed by atoms with Crippen LogP contribution in [-0.4, -0.2) is 42.0 Å². The molecule has 0 aliphatic carbocycles. The molecular formula is C13H20N4O2S. The number of thiazole rings is 1. The van der Waals surface area contributed by atoms with E-state index in [4.69, 9.17) is 10.5 Å². The summed E-state index contributed by atoms with van der Waals surface area (Å²) in [5, 5.41) is 2.97. The number of ether oxygens (including phenoxy) is 1. The van der Waals surface area contributed by atoms with Crippen LogP contribution in [0.25, 0.3) is 0 Å². The Balaban J connectivity index is 2.27. The second-order valence-electron chi connectivity index (χ2n) is 5.74. The van der Waals surface area contributed by atoms with Crippen LogP contribution in [0.4, 0.5) is 4.79 Å². The average molecular weight is 296 g/mol. The molecule has 2 N–H and O–H groups in total. The van der Waals surface area contributed by atoms with Crippen molar-refractivity contribution in [3.8, 4) is 0 Å². The highest BCUT2D eigenvalue weighted by Crippen LogP contribution is 2.32. The Morgan fingerprint density at radius 3 is 2.75 bits per heavy atom. The van der Waals surface area contributed by atoms with Crippen LogP contribution in [0, 0.1) is 0 Å². The topological polar surface area (TPSA) is 80.8 Å². The van der Waals surface area contributed by atoms with Gasteiger partial charge in [0.15, 0.2) is 0 Å². The van der Waals surface area contributed by atoms with Gasteiger partial charge in [-0.25, -0.2) is 9.78 Å². The summed E-state index contributed by atoms with van der Waals surface area (Å²) in [6.07, 6.45) is 0. The Bertz CT molecular complexity index is 533. The summed E-state index contributed by atoms with van der Waals surface area (Å²) >= 11 is 1.58. The molecule has 1 unspecified atom stereocenters. The van der Waals surface area contributed by atoms with Crippen LogP contribution in [0.15, 0.2) is 10.4 Å². The summed E-state index contributed by atoms with van der Waals surface area (Å²) in [6, 6.07) is -0.695. The van der Waals surface area contributed by atoms with Crippen molar-refractivity contribution in [3.05, 3.63) is 16.1 Å². The average Bonchev–Trinajstić information content (AvgIpc) is 2.91. The zero-order valence-corrected chi connectivity index (χ0v) is 13.0. The lowest BCUT2D eigenvalue weighted by Crippen LogP contribution is -2.35. The molecule has 7 heteroatoms. The Morgan fingerprint density at radius 2 is 2.20 bits per heavy atom. The Hall–Kier alpha value is -1.47. The molecule has 1 aliphatic rings. The standard InChI is InChI=1S/C13H20N4O2S/c1-13(2,3)11-15-8(7-20-11)9-10(14)16-12(18)17(9)5-6-19-4/h7,9H,5-6H2,1-4H3,(H2,14,16,18). The van der Waals surface area contributed by atoms with E-state index in [1.54, 1.807) is 23.3 Å². The van der Waals surface area contributed by atoms with Gasteiger partial charge in [-0.3, -0.25) is 0 Å². The number of amidine groups is 1. The molecule has 0 fully saturated rings. The van der Waals surface area contributed by atoms with E-state index >= 15 is 0 Å². The number of hydrogen-bond acceptors (Lipinski definition) is 5. The third-order valence-electron chi connectivity index (χ3n) is 3.04. The molecule has 1 aromatic rings. The van der Waals surface area contributed by atoms with Gasteiger partial charge in [-0.1, -0.05) is 20.8 Å². The number of hydrogen-bond donors (Lipinski definition) is 1. The summed E-state index contributed by atoms with van der Waals surface area (Å²) < 4.78 is 5.03. The first kappa shape index (κ1) is 14.9. The number of aromatic nitrogens is 1. The van der Waals surface area contributed by atoms with E-state index in [0.29, 0.717) is 19.0 Å². The third-order valence-corrected chi connectivity index (χ3v) is 4.33. The highest BCUT2D eigenvalue weighted by atomic mass is 32.1. The number of aliphatic imine (C=N–C) groups is 1. The number of carbonyl (C=O) groups is 1. The SMILES string of the molecule is COCCN1C(=O)N=C(N)C1c1csc(C(C)(C)C)n1. The smallest absolute Gasteiger partial charge is 0.346 e. The molecular weight excluding hydrogens is 276 g/mol. The first-order valence-electron chi connectivity index (χ1n) is 6.44. The van der Waals surface area contributed by atoms with Crippen LogP contribution in [0.2, 0.25) is 0 Å². The van der Waals surface area contributed by atoms with Gasteiger partial charge in [-0.15, -0.1) is 11.3 Å². The maximum Gasteiger partial charge on any atom is 0.346 e. The van der Waals surface area contributed by atoms with Gasteiger partial charge in [0.25, 0.3) is 0 Å². The van der Waals surface area contributed by atoms with Crippen LogP contribution in [0.3, 0.4) is 0 Å². The van der Waals surface area contributed by atoms with Gasteiger partial charge in [0.1, 0.15) is 11.9 Å². The van der Waals surface area contributed by atoms with Gasteiger partial charge in [-0.2, -0.15) is 4.99 Å². The van der Waals surface area contributed by atoms with E-state index in [9.17, 15) is 4.79 Å². The van der Waals surface area contributed by atoms with Crippen molar-refractivity contribution in [3.63, 3.8) is 0 Å². The zero-order chi connectivity index (χ0) is 14.9. The number of nitrogens with two attached hydrogens (primary N) is 1. The zero-order valence-electron chi connectivity index (χ0n) is 12.2. The second kappa shape index (κ2) is 5.49. The molecule has 0 aromatic carbocycles. The van der Waals surface area contributed by atoms with Gasteiger partial charge in [0.05, 0.1) is 17.3 Å². The highest BCUT2D eigenvalue weighted by molar-refractivity contribution is 7.09. The van der Waals surface area contributed by atoms with E-state index in [1.165, 1.54) is 0 Å². The van der Waals surface area contributed by atoms with Gasteiger partial charge in [0, 0.05) is 24.4 Å². The predicted molar refractivity (Wildman–Crippen MR) is 79.2 cm³/mol. The van der Waals surface area contributed by atoms with Crippen LogP contribution in [-0.2, 0) is 10.2 Å². The third kappa shape index (κ3) is 2.83. The van der Waals surface area contributed by atoms with E-state index in [1.807, 2.05) is 5.38 Å². The molecule has 110 valence electrons. The fourth-order valence-electron chi connectivity index (χ4n) is 1.99. The number of methoxy groups -OCH3 is 1. The van der Waals surface area contributed by atoms with Crippen molar-refractivity contribution < 1.29 is 9.53 Å². The van der Waals surface area contributed by atoms with Crippen molar-refractivity contribution in [2.24, 2.45) is 10.7 Å². The number of rotatable bonds is 4. The minimum absolute atomic E-state index is 0.0191. The lowest BCUT2D eigenvalue weighted by Gasteiger charge is -2.22. The number of amides is 2. The second-order valence-corrected chi connectivity index (χ2v) is 6.59. The minimum Gasteiger partial charge on any atom is -0.385 e. The van der Waals surface area contributed by atoms with Gasteiger partial charge < -0.3 is 15.4 Å². The van der Waals surface area contributed by atoms with Gasteiger partial charge in [-0.05, 0) is 0 Å². The summed E-state index contributed by atoms with van der Waals surface area (Å²) in [5.74, 6) is 0.303. The maximum absolute atomic E-state index is 11.9. The molecule has 20 heavy (non-hydrogen) atoms. The lowest BCUT2D eigenvalue weighted by molar-refractivity contribution is 0.150. The Labute approximate surface area is 122 Å². The van der Waals surface area contributed by atoms with Crippen molar-refractivity contribution in [2.45, 2.75) is 32.2 Å². The monoisotopic (exact) mass is 296 g/mol. The molecule has 0 saturated carbocycles. The summed E-state index contributed by atoms with van der Waals surface area (Å²) in [7, 11) is 1.60. The van der Waals surface area contributed by atoms with Crippen LogP contribution >= 0.6 is 11.3 Å². The van der Waals surface area contributed by atoms with E-state index in [0.717, 1.165) is 10.7 Å². The number of nitrogens with zero attached hydrogens (tertiary/aromatic N) is 3. The van der Waals surface area contributed by atoms with Crippen molar-refractivity contribution in [1.82, 2.24) is 9.88 Å². The Kier molecular flexibility index (Phi) is 4.10. The van der Waals surface area contributed by atoms with Crippen LogP contribution in [0.1, 0.15) is 37.5 Å². The lowest BCUT2D eigenvalue weighted by atomic mass is 9.98. The Morgan fingerprint density at radius 1 is 1.50 bits per heavy atom. The van der Waals surface area contributed by atoms with Crippen LogP contribution in [0.5, 0.6) is 0 Å². The molecule has 2 rings (SSSR count). The number of carbonyl (C=O) groups excluding carboxylic acids is 1. The summed E-state index contributed by atoms with van der Waals surface area (Å²) in [5.41, 5.74) is 6.65. The molecule has 0 spiro atoms. The molecule has 2 amide bonds. The van der Waals surface area contributed by atoms with Gasteiger partial charge in [0.2, 0.25) is 0 Å². The molecule has 0 saturated heterocycles. The fraction of sp³-hybridized carbons (Fsp3) is 0.615. The maximum atomic E-state index is 11.9. The molecule has 1 aliphatic heterocycles. The number of urea groups is 1. The fourth-order valence-corrected chi connectivity index (χ4v) is 2.91. The largest absolute Gasteiger partial charge is 0.385 e. The quantitative estimate of drug-likeness (QED) is 0.920. The first-order valence-corrected chi connectivity index (χ1v) is 7.32. The summed E-state index contributed by atoms with van der Waals surface area (Å²) in [4.78, 5) is 21.9. The molecule has 6 nitrogen and oxygen atoms in total. The van der Waals surface area contributed by atoms with E-state index in [-0.39, 0.29) is 17.5 Å². The molecule has 0 radical (unpaired) electrons. The van der Waals surface area contributed by atoms with Crippen LogP contribution < -0.4 is 5.73 Å². The predicted octanol–water partition coefficient (Wildman–Crippen LogP) is 1.92.